The Bertz CT molecular complexity index is 1840. The molecule has 1 heterocycles. The van der Waals surface area contributed by atoms with Crippen molar-refractivity contribution in [1.29, 1.82) is 0 Å². The topological polar surface area (TPSA) is 75.1 Å². The Labute approximate surface area is 188 Å². The van der Waals surface area contributed by atoms with Gasteiger partial charge in [0.2, 0.25) is 0 Å². The molecular formula is C28H20N2O3. The maximum Gasteiger partial charge on any atom is 0.196 e. The van der Waals surface area contributed by atoms with Crippen molar-refractivity contribution in [3.05, 3.63) is 104 Å². The Kier molecular flexibility index (Phi) is 4.14. The molecular weight excluding hydrogens is 412 g/mol. The first-order chi connectivity index (χ1) is 16.0. The van der Waals surface area contributed by atoms with Crippen LogP contribution in [0.5, 0.6) is 0 Å². The van der Waals surface area contributed by atoms with Crippen LogP contribution >= 0.6 is 0 Å². The van der Waals surface area contributed by atoms with Crippen molar-refractivity contribution in [2.75, 3.05) is 5.32 Å². The van der Waals surface area contributed by atoms with E-state index < -0.39 is 0 Å². The summed E-state index contributed by atoms with van der Waals surface area (Å²) in [5.74, 6) is 0. The van der Waals surface area contributed by atoms with Crippen LogP contribution in [-0.4, -0.2) is 4.98 Å². The molecule has 33 heavy (non-hydrogen) atoms. The molecule has 0 aliphatic carbocycles. The van der Waals surface area contributed by atoms with Gasteiger partial charge in [0.1, 0.15) is 0 Å². The molecule has 160 valence electrons. The highest BCUT2D eigenvalue weighted by atomic mass is 16.3. The first-order valence-electron chi connectivity index (χ1n) is 10.8. The highest BCUT2D eigenvalue weighted by molar-refractivity contribution is 6.15. The minimum absolute atomic E-state index is 0.185. The molecule has 5 nitrogen and oxygen atoms in total. The number of hydrogen-bond donors (Lipinski definition) is 2. The van der Waals surface area contributed by atoms with Crippen molar-refractivity contribution >= 4 is 55.1 Å². The van der Waals surface area contributed by atoms with Crippen LogP contribution in [0.1, 0.15) is 11.1 Å². The average Bonchev–Trinajstić information content (AvgIpc) is 2.82. The fraction of sp³-hybridized carbons (Fsp3) is 0.0714. The predicted octanol–water partition coefficient (Wildman–Crippen LogP) is 6.30. The number of rotatable bonds is 2. The van der Waals surface area contributed by atoms with E-state index in [2.05, 4.69) is 10.3 Å². The Morgan fingerprint density at radius 3 is 2.15 bits per heavy atom. The third-order valence-corrected chi connectivity index (χ3v) is 6.20. The molecule has 0 aliphatic rings. The first-order valence-corrected chi connectivity index (χ1v) is 10.8. The number of para-hydroxylation sites is 1. The number of H-pyrrole nitrogens is 1. The second-order valence-electron chi connectivity index (χ2n) is 8.42. The van der Waals surface area contributed by atoms with E-state index in [1.54, 1.807) is 30.3 Å². The van der Waals surface area contributed by atoms with Crippen LogP contribution in [-0.2, 0) is 0 Å². The number of fused-ring (bicyclic) bond motifs is 5. The van der Waals surface area contributed by atoms with Gasteiger partial charge in [0, 0.05) is 22.5 Å². The van der Waals surface area contributed by atoms with Gasteiger partial charge in [-0.15, -0.1) is 0 Å². The summed E-state index contributed by atoms with van der Waals surface area (Å²) in [7, 11) is 0. The van der Waals surface area contributed by atoms with E-state index in [9.17, 15) is 9.59 Å². The average molecular weight is 432 g/mol. The smallest absolute Gasteiger partial charge is 0.196 e. The number of benzene rings is 5. The monoisotopic (exact) mass is 432 g/mol. The molecule has 6 rings (SSSR count). The lowest BCUT2D eigenvalue weighted by atomic mass is 9.99. The maximum atomic E-state index is 13.7. The molecule has 0 unspecified atom stereocenters. The standard InChI is InChI=1S/C28H20N2O3/c1-15-10-12-17(13-11-15)29-20-14-22-26(30-25-16(2)6-5-9-21(25)33-22)24-23(20)27(31)18-7-3-4-8-19(18)28(24)32/h3-14,29-30H,1-2H3. The fourth-order valence-electron chi connectivity index (χ4n) is 4.49. The van der Waals surface area contributed by atoms with Crippen LogP contribution in [0.4, 0.5) is 11.4 Å². The molecule has 0 spiro atoms. The highest BCUT2D eigenvalue weighted by Crippen LogP contribution is 2.33. The van der Waals surface area contributed by atoms with Crippen LogP contribution < -0.4 is 16.2 Å². The summed E-state index contributed by atoms with van der Waals surface area (Å²) in [6.07, 6.45) is 0. The van der Waals surface area contributed by atoms with E-state index in [-0.39, 0.29) is 10.9 Å². The number of aromatic nitrogens is 1. The molecule has 0 atom stereocenters. The van der Waals surface area contributed by atoms with Crippen molar-refractivity contribution < 1.29 is 4.42 Å². The van der Waals surface area contributed by atoms with Gasteiger partial charge in [-0.3, -0.25) is 9.59 Å². The van der Waals surface area contributed by atoms with E-state index in [1.165, 1.54) is 0 Å². The van der Waals surface area contributed by atoms with Crippen LogP contribution in [0.2, 0.25) is 0 Å². The van der Waals surface area contributed by atoms with Gasteiger partial charge >= 0.3 is 0 Å². The number of anilines is 2. The zero-order chi connectivity index (χ0) is 22.7. The lowest BCUT2D eigenvalue weighted by Crippen LogP contribution is -2.15. The van der Waals surface area contributed by atoms with Crippen LogP contribution in [0.3, 0.4) is 0 Å². The number of hydrogen-bond acceptors (Lipinski definition) is 4. The van der Waals surface area contributed by atoms with E-state index in [0.29, 0.717) is 43.9 Å². The molecule has 0 amide bonds. The second kappa shape index (κ2) is 7.07. The van der Waals surface area contributed by atoms with Crippen molar-refractivity contribution in [2.45, 2.75) is 13.8 Å². The van der Waals surface area contributed by atoms with E-state index in [4.69, 9.17) is 4.42 Å². The summed E-state index contributed by atoms with van der Waals surface area (Å²) in [5.41, 5.74) is 5.60. The Morgan fingerprint density at radius 2 is 1.42 bits per heavy atom. The second-order valence-corrected chi connectivity index (χ2v) is 8.42. The van der Waals surface area contributed by atoms with Crippen LogP contribution in [0.15, 0.2) is 86.8 Å². The van der Waals surface area contributed by atoms with Gasteiger partial charge < -0.3 is 14.7 Å². The molecule has 6 aromatic rings. The molecule has 5 heteroatoms. The quantitative estimate of drug-likeness (QED) is 0.249. The Balaban J connectivity index is 1.81. The highest BCUT2D eigenvalue weighted by Gasteiger charge is 2.19. The molecule has 0 saturated carbocycles. The van der Waals surface area contributed by atoms with Crippen molar-refractivity contribution in [3.8, 4) is 0 Å². The minimum Gasteiger partial charge on any atom is -0.453 e. The molecule has 0 radical (unpaired) electrons. The van der Waals surface area contributed by atoms with Gasteiger partial charge in [0.15, 0.2) is 22.0 Å². The minimum atomic E-state index is -0.197. The first kappa shape index (κ1) is 19.3. The van der Waals surface area contributed by atoms with E-state index in [1.807, 2.05) is 56.3 Å². The van der Waals surface area contributed by atoms with Crippen molar-refractivity contribution in [2.24, 2.45) is 0 Å². The summed E-state index contributed by atoms with van der Waals surface area (Å²) in [6.45, 7) is 3.99. The third-order valence-electron chi connectivity index (χ3n) is 6.20. The summed E-state index contributed by atoms with van der Waals surface area (Å²) >= 11 is 0. The number of aryl methyl sites for hydroxylation is 2. The molecule has 0 fully saturated rings. The Hall–Kier alpha value is -4.38. The fourth-order valence-corrected chi connectivity index (χ4v) is 4.49. The number of aromatic amines is 1. The summed E-state index contributed by atoms with van der Waals surface area (Å²) in [6, 6.07) is 22.4. The largest absolute Gasteiger partial charge is 0.453 e. The lowest BCUT2D eigenvalue weighted by Gasteiger charge is -2.14. The van der Waals surface area contributed by atoms with Gasteiger partial charge in [0.05, 0.1) is 27.5 Å². The molecule has 0 bridgehead atoms. The lowest BCUT2D eigenvalue weighted by molar-refractivity contribution is 0.657. The van der Waals surface area contributed by atoms with E-state index >= 15 is 0 Å². The normalized spacial score (nSPS) is 11.6. The molecule has 5 aromatic carbocycles. The molecule has 2 N–H and O–H groups in total. The van der Waals surface area contributed by atoms with Crippen LogP contribution in [0.25, 0.3) is 43.7 Å². The van der Waals surface area contributed by atoms with Crippen molar-refractivity contribution in [3.63, 3.8) is 0 Å². The third kappa shape index (κ3) is 2.93. The van der Waals surface area contributed by atoms with Gasteiger partial charge in [-0.2, -0.15) is 0 Å². The molecule has 1 aromatic heterocycles. The zero-order valence-corrected chi connectivity index (χ0v) is 18.2. The van der Waals surface area contributed by atoms with Crippen LogP contribution in [0, 0.1) is 13.8 Å². The SMILES string of the molecule is Cc1ccc(Nc2cc3oc4cccc(C)c4[nH]c3c3c(=O)c4ccccc4c(=O)c23)cc1. The molecule has 0 saturated heterocycles. The van der Waals surface area contributed by atoms with Gasteiger partial charge in [0.25, 0.3) is 0 Å². The van der Waals surface area contributed by atoms with Crippen molar-refractivity contribution in [1.82, 2.24) is 4.98 Å². The van der Waals surface area contributed by atoms with Gasteiger partial charge in [-0.1, -0.05) is 54.1 Å². The summed E-state index contributed by atoms with van der Waals surface area (Å²) in [5, 5.41) is 4.85. The van der Waals surface area contributed by atoms with Gasteiger partial charge in [-0.05, 0) is 37.6 Å². The summed E-state index contributed by atoms with van der Waals surface area (Å²) in [4.78, 5) is 30.7. The van der Waals surface area contributed by atoms with E-state index in [0.717, 1.165) is 22.3 Å². The maximum absolute atomic E-state index is 13.7. The van der Waals surface area contributed by atoms with Gasteiger partial charge in [-0.25, -0.2) is 0 Å². The molecule has 0 aliphatic heterocycles. The zero-order valence-electron chi connectivity index (χ0n) is 18.2. The predicted molar refractivity (Wildman–Crippen MR) is 135 cm³/mol. The number of nitrogens with one attached hydrogen (secondary N) is 2. The Morgan fingerprint density at radius 1 is 0.727 bits per heavy atom. The summed E-state index contributed by atoms with van der Waals surface area (Å²) < 4.78 is 6.23.